The van der Waals surface area contributed by atoms with E-state index in [-0.39, 0.29) is 12.5 Å². The van der Waals surface area contributed by atoms with Crippen LogP contribution in [0.1, 0.15) is 58.3 Å². The van der Waals surface area contributed by atoms with Crippen LogP contribution < -0.4 is 16.4 Å². The summed E-state index contributed by atoms with van der Waals surface area (Å²) in [6.45, 7) is 11.0. The van der Waals surface area contributed by atoms with E-state index in [0.717, 1.165) is 0 Å². The van der Waals surface area contributed by atoms with E-state index in [9.17, 15) is 14.4 Å². The highest BCUT2D eigenvalue weighted by Crippen LogP contribution is 2.14. The lowest BCUT2D eigenvalue weighted by Gasteiger charge is -2.19. The standard InChI is InChI=1S/C16H23N3O4.C3H8/c1-10(17)14(21)18-9-13(20)19-12-7-5-11(6-8-12)15(22)23-16(2,3)4;1-3-2/h5-8,10H,9,17H2,1-4H3,(H,18,21)(H,19,20);3H2,1-2H3. The second-order valence-electron chi connectivity index (χ2n) is 6.84. The van der Waals surface area contributed by atoms with Crippen LogP contribution in [0.2, 0.25) is 0 Å². The summed E-state index contributed by atoms with van der Waals surface area (Å²) in [5.41, 5.74) is 5.71. The molecule has 0 aliphatic carbocycles. The topological polar surface area (TPSA) is 111 Å². The summed E-state index contributed by atoms with van der Waals surface area (Å²) < 4.78 is 5.25. The maximum Gasteiger partial charge on any atom is 0.338 e. The van der Waals surface area contributed by atoms with Crippen molar-refractivity contribution in [1.29, 1.82) is 0 Å². The molecule has 0 saturated heterocycles. The average Bonchev–Trinajstić information content (AvgIpc) is 2.52. The first-order valence-electron chi connectivity index (χ1n) is 8.66. The molecule has 1 aromatic rings. The number of ether oxygens (including phenoxy) is 1. The van der Waals surface area contributed by atoms with Gasteiger partial charge in [-0.3, -0.25) is 9.59 Å². The Hall–Kier alpha value is -2.41. The fraction of sp³-hybridized carbons (Fsp3) is 0.526. The van der Waals surface area contributed by atoms with Gasteiger partial charge in [0.1, 0.15) is 5.60 Å². The summed E-state index contributed by atoms with van der Waals surface area (Å²) in [5, 5.41) is 5.01. The number of benzene rings is 1. The smallest absolute Gasteiger partial charge is 0.338 e. The van der Waals surface area contributed by atoms with Gasteiger partial charge in [0.05, 0.1) is 18.2 Å². The molecule has 0 aromatic heterocycles. The molecule has 4 N–H and O–H groups in total. The SMILES string of the molecule is CC(N)C(=O)NCC(=O)Nc1ccc(C(=O)OC(C)(C)C)cc1.CCC. The fourth-order valence-corrected chi connectivity index (χ4v) is 1.56. The Bertz CT molecular complexity index is 590. The van der Waals surface area contributed by atoms with Gasteiger partial charge in [0.25, 0.3) is 0 Å². The fourth-order valence-electron chi connectivity index (χ4n) is 1.56. The maximum absolute atomic E-state index is 11.9. The summed E-state index contributed by atoms with van der Waals surface area (Å²) in [5.74, 6) is -1.22. The lowest BCUT2D eigenvalue weighted by Crippen LogP contribution is -2.41. The monoisotopic (exact) mass is 365 g/mol. The highest BCUT2D eigenvalue weighted by molar-refractivity contribution is 5.96. The van der Waals surface area contributed by atoms with Crippen molar-refractivity contribution in [3.8, 4) is 0 Å². The highest BCUT2D eigenvalue weighted by atomic mass is 16.6. The molecule has 1 rings (SSSR count). The van der Waals surface area contributed by atoms with Crippen molar-refractivity contribution >= 4 is 23.5 Å². The average molecular weight is 365 g/mol. The third-order valence-electron chi connectivity index (χ3n) is 2.64. The van der Waals surface area contributed by atoms with Crippen LogP contribution in [0.3, 0.4) is 0 Å². The largest absolute Gasteiger partial charge is 0.456 e. The Morgan fingerprint density at radius 1 is 1.12 bits per heavy atom. The van der Waals surface area contributed by atoms with Gasteiger partial charge in [0, 0.05) is 5.69 Å². The molecule has 2 amide bonds. The number of anilines is 1. The Kier molecular flexibility index (Phi) is 10.2. The Labute approximate surface area is 155 Å². The first-order valence-corrected chi connectivity index (χ1v) is 8.66. The van der Waals surface area contributed by atoms with E-state index in [2.05, 4.69) is 24.5 Å². The van der Waals surface area contributed by atoms with E-state index in [1.54, 1.807) is 45.0 Å². The van der Waals surface area contributed by atoms with Crippen molar-refractivity contribution in [2.24, 2.45) is 5.73 Å². The van der Waals surface area contributed by atoms with Gasteiger partial charge >= 0.3 is 5.97 Å². The molecule has 1 aromatic carbocycles. The summed E-state index contributed by atoms with van der Waals surface area (Å²) in [4.78, 5) is 34.8. The first-order chi connectivity index (χ1) is 12.0. The van der Waals surface area contributed by atoms with Crippen LogP contribution in [0.5, 0.6) is 0 Å². The summed E-state index contributed by atoms with van der Waals surface area (Å²) in [6.07, 6.45) is 1.25. The van der Waals surface area contributed by atoms with Crippen LogP contribution in [0.4, 0.5) is 5.69 Å². The molecular formula is C19H31N3O4. The molecule has 7 nitrogen and oxygen atoms in total. The number of rotatable bonds is 5. The van der Waals surface area contributed by atoms with E-state index in [4.69, 9.17) is 10.5 Å². The van der Waals surface area contributed by atoms with Gasteiger partial charge < -0.3 is 21.1 Å². The highest BCUT2D eigenvalue weighted by Gasteiger charge is 2.17. The molecule has 0 spiro atoms. The molecule has 7 heteroatoms. The van der Waals surface area contributed by atoms with E-state index < -0.39 is 23.5 Å². The second-order valence-corrected chi connectivity index (χ2v) is 6.84. The van der Waals surface area contributed by atoms with Crippen LogP contribution in [0.25, 0.3) is 0 Å². The molecule has 0 bridgehead atoms. The van der Waals surface area contributed by atoms with Gasteiger partial charge in [-0.2, -0.15) is 0 Å². The van der Waals surface area contributed by atoms with E-state index in [0.29, 0.717) is 11.3 Å². The number of amides is 2. The number of hydrogen-bond acceptors (Lipinski definition) is 5. The number of nitrogens with one attached hydrogen (secondary N) is 2. The third kappa shape index (κ3) is 10.5. The Morgan fingerprint density at radius 2 is 1.62 bits per heavy atom. The number of carbonyl (C=O) groups is 3. The van der Waals surface area contributed by atoms with Gasteiger partial charge in [-0.25, -0.2) is 4.79 Å². The van der Waals surface area contributed by atoms with Crippen LogP contribution in [0.15, 0.2) is 24.3 Å². The summed E-state index contributed by atoms with van der Waals surface area (Å²) >= 11 is 0. The molecule has 0 radical (unpaired) electrons. The predicted octanol–water partition coefficient (Wildman–Crippen LogP) is 2.46. The minimum atomic E-state index is -0.670. The lowest BCUT2D eigenvalue weighted by atomic mass is 10.1. The van der Waals surface area contributed by atoms with Gasteiger partial charge in [-0.15, -0.1) is 0 Å². The van der Waals surface area contributed by atoms with Crippen molar-refractivity contribution < 1.29 is 19.1 Å². The zero-order chi connectivity index (χ0) is 20.3. The Balaban J connectivity index is 0.00000194. The van der Waals surface area contributed by atoms with Crippen LogP contribution >= 0.6 is 0 Å². The lowest BCUT2D eigenvalue weighted by molar-refractivity contribution is -0.124. The van der Waals surface area contributed by atoms with Crippen molar-refractivity contribution in [3.05, 3.63) is 29.8 Å². The molecule has 1 unspecified atom stereocenters. The molecule has 0 heterocycles. The maximum atomic E-state index is 11.9. The predicted molar refractivity (Wildman–Crippen MR) is 103 cm³/mol. The summed E-state index contributed by atoms with van der Waals surface area (Å²) in [6, 6.07) is 5.62. The van der Waals surface area contributed by atoms with Gasteiger partial charge in [-0.05, 0) is 52.0 Å². The van der Waals surface area contributed by atoms with Crippen molar-refractivity contribution in [1.82, 2.24) is 5.32 Å². The first kappa shape index (κ1) is 23.6. The molecule has 146 valence electrons. The quantitative estimate of drug-likeness (QED) is 0.694. The van der Waals surface area contributed by atoms with E-state index in [1.807, 2.05) is 0 Å². The van der Waals surface area contributed by atoms with E-state index >= 15 is 0 Å². The molecular weight excluding hydrogens is 334 g/mol. The molecule has 26 heavy (non-hydrogen) atoms. The van der Waals surface area contributed by atoms with Crippen LogP contribution in [-0.2, 0) is 14.3 Å². The number of hydrogen-bond donors (Lipinski definition) is 3. The minimum Gasteiger partial charge on any atom is -0.456 e. The minimum absolute atomic E-state index is 0.172. The van der Waals surface area contributed by atoms with Gasteiger partial charge in [0.15, 0.2) is 0 Å². The van der Waals surface area contributed by atoms with Crippen molar-refractivity contribution in [2.75, 3.05) is 11.9 Å². The van der Waals surface area contributed by atoms with Gasteiger partial charge in [-0.1, -0.05) is 20.3 Å². The number of nitrogens with two attached hydrogens (primary N) is 1. The molecule has 0 fully saturated rings. The molecule has 1 atom stereocenters. The number of carbonyl (C=O) groups excluding carboxylic acids is 3. The van der Waals surface area contributed by atoms with E-state index in [1.165, 1.54) is 13.3 Å². The van der Waals surface area contributed by atoms with Crippen LogP contribution in [0, 0.1) is 0 Å². The third-order valence-corrected chi connectivity index (χ3v) is 2.64. The van der Waals surface area contributed by atoms with Crippen molar-refractivity contribution in [2.45, 2.75) is 59.6 Å². The zero-order valence-corrected chi connectivity index (χ0v) is 16.5. The van der Waals surface area contributed by atoms with Crippen LogP contribution in [-0.4, -0.2) is 36.0 Å². The molecule has 0 aliphatic heterocycles. The molecule has 0 saturated carbocycles. The molecule has 0 aliphatic rings. The number of esters is 1. The second kappa shape index (κ2) is 11.3. The van der Waals surface area contributed by atoms with Crippen molar-refractivity contribution in [3.63, 3.8) is 0 Å². The zero-order valence-electron chi connectivity index (χ0n) is 16.5. The normalized spacial score (nSPS) is 11.5. The van der Waals surface area contributed by atoms with Gasteiger partial charge in [0.2, 0.25) is 11.8 Å². The summed E-state index contributed by atoms with van der Waals surface area (Å²) in [7, 11) is 0. The Morgan fingerprint density at radius 3 is 2.04 bits per heavy atom.